The third-order valence-corrected chi connectivity index (χ3v) is 19.1. The third kappa shape index (κ3) is 8.60. The zero-order valence-corrected chi connectivity index (χ0v) is 42.7. The number of morpholine rings is 1. The average Bonchev–Trinajstić information content (AvgIpc) is 3.93. The van der Waals surface area contributed by atoms with Crippen LogP contribution in [0.5, 0.6) is 5.88 Å². The number of H-pyrrole nitrogens is 1. The van der Waals surface area contributed by atoms with Crippen LogP contribution in [0.4, 0.5) is 28.4 Å². The summed E-state index contributed by atoms with van der Waals surface area (Å²) >= 11 is 0. The van der Waals surface area contributed by atoms with Gasteiger partial charge in [0.05, 0.1) is 58.1 Å². The lowest BCUT2D eigenvalue weighted by Gasteiger charge is -2.60. The smallest absolute Gasteiger partial charge is 0.293 e. The van der Waals surface area contributed by atoms with E-state index in [1.807, 2.05) is 37.4 Å². The van der Waals surface area contributed by atoms with Crippen LogP contribution in [0.25, 0.3) is 11.0 Å². The number of nitro groups is 1. The molecule has 3 atom stereocenters. The Bertz CT molecular complexity index is 3080. The van der Waals surface area contributed by atoms with Crippen LogP contribution >= 0.6 is 0 Å². The summed E-state index contributed by atoms with van der Waals surface area (Å²) in [6.07, 6.45) is 10.1. The molecule has 7 aliphatic rings. The zero-order chi connectivity index (χ0) is 50.5. The highest BCUT2D eigenvalue weighted by Gasteiger charge is 2.58. The molecule has 1 amide bonds. The van der Waals surface area contributed by atoms with E-state index in [2.05, 4.69) is 67.8 Å². The van der Waals surface area contributed by atoms with Crippen molar-refractivity contribution in [1.29, 1.82) is 0 Å². The normalized spacial score (nSPS) is 27.7. The first-order valence-corrected chi connectivity index (χ1v) is 27.7. The molecule has 4 aliphatic heterocycles. The fourth-order valence-corrected chi connectivity index (χ4v) is 14.8. The number of benzene rings is 3. The molecule has 386 valence electrons. The Kier molecular flexibility index (Phi) is 11.8. The molecule has 73 heavy (non-hydrogen) atoms. The summed E-state index contributed by atoms with van der Waals surface area (Å²) in [5, 5.41) is 26.8. The molecule has 4 N–H and O–H groups in total. The predicted octanol–water partition coefficient (Wildman–Crippen LogP) is 8.29. The second-order valence-corrected chi connectivity index (χ2v) is 24.7. The molecular weight excluding hydrogens is 949 g/mol. The first kappa shape index (κ1) is 48.2. The number of carbonyl (C=O) groups is 1. The van der Waals surface area contributed by atoms with Crippen molar-refractivity contribution in [3.05, 3.63) is 106 Å². The lowest BCUT2D eigenvalue weighted by Crippen LogP contribution is -2.64. The summed E-state index contributed by atoms with van der Waals surface area (Å²) < 4.78 is 49.4. The van der Waals surface area contributed by atoms with E-state index in [1.165, 1.54) is 23.3 Å². The number of hydrogen-bond donors (Lipinski definition) is 4. The van der Waals surface area contributed by atoms with Crippen molar-refractivity contribution in [3.63, 3.8) is 0 Å². The van der Waals surface area contributed by atoms with Gasteiger partial charge < -0.3 is 39.4 Å². The summed E-state index contributed by atoms with van der Waals surface area (Å²) in [7, 11) is -4.62. The number of aliphatic hydroxyl groups is 1. The number of hydrogen-bond acceptors (Lipinski definition) is 14. The van der Waals surface area contributed by atoms with Gasteiger partial charge in [-0.1, -0.05) is 38.1 Å². The molecule has 0 bridgehead atoms. The number of nitrogens with zero attached hydrogens (tertiary/aromatic N) is 5. The molecule has 5 fully saturated rings. The number of pyridine rings is 1. The Morgan fingerprint density at radius 2 is 1.70 bits per heavy atom. The van der Waals surface area contributed by atoms with E-state index >= 15 is 0 Å². The summed E-state index contributed by atoms with van der Waals surface area (Å²) in [4.78, 5) is 41.4. The molecule has 2 spiro atoms. The Morgan fingerprint density at radius 1 is 0.918 bits per heavy atom. The molecule has 2 aromatic heterocycles. The Morgan fingerprint density at radius 3 is 2.48 bits per heavy atom. The second-order valence-electron chi connectivity index (χ2n) is 23.0. The number of carbonyl (C=O) groups excluding carboxylic acids is 1. The number of fused-ring (bicyclic) bond motifs is 5. The molecule has 5 aromatic rings. The van der Waals surface area contributed by atoms with Crippen LogP contribution in [-0.4, -0.2) is 116 Å². The van der Waals surface area contributed by atoms with E-state index in [0.717, 1.165) is 94.9 Å². The summed E-state index contributed by atoms with van der Waals surface area (Å²) in [5.74, 6) is -0.310. The highest BCUT2D eigenvalue weighted by molar-refractivity contribution is 7.90. The van der Waals surface area contributed by atoms with Gasteiger partial charge in [-0.3, -0.25) is 19.8 Å². The highest BCUT2D eigenvalue weighted by atomic mass is 32.2. The Hall–Kier alpha value is -5.79. The van der Waals surface area contributed by atoms with Gasteiger partial charge in [0.15, 0.2) is 0 Å². The quantitative estimate of drug-likeness (QED) is 0.0768. The van der Waals surface area contributed by atoms with E-state index in [-0.39, 0.29) is 39.6 Å². The van der Waals surface area contributed by atoms with Gasteiger partial charge in [0.1, 0.15) is 23.1 Å². The van der Waals surface area contributed by atoms with Gasteiger partial charge >= 0.3 is 0 Å². The number of piperidine rings is 1. The van der Waals surface area contributed by atoms with Gasteiger partial charge in [-0.2, -0.15) is 4.98 Å². The molecule has 3 aromatic carbocycles. The number of sulfonamides is 1. The van der Waals surface area contributed by atoms with Crippen molar-refractivity contribution in [3.8, 4) is 5.88 Å². The summed E-state index contributed by atoms with van der Waals surface area (Å²) in [5.41, 5.74) is 4.93. The summed E-state index contributed by atoms with van der Waals surface area (Å²) in [6, 6.07) is 22.3. The average molecular weight is 1020 g/mol. The number of amides is 1. The van der Waals surface area contributed by atoms with Crippen molar-refractivity contribution in [2.75, 3.05) is 67.7 Å². The second kappa shape index (κ2) is 18.0. The lowest BCUT2D eigenvalue weighted by molar-refractivity contribution is -0.384. The van der Waals surface area contributed by atoms with Gasteiger partial charge in [0.2, 0.25) is 5.88 Å². The van der Waals surface area contributed by atoms with E-state index in [4.69, 9.17) is 19.2 Å². The number of aromatic amines is 1. The maximum atomic E-state index is 14.7. The maximum Gasteiger partial charge on any atom is 0.293 e. The number of aromatic nitrogens is 2. The van der Waals surface area contributed by atoms with E-state index < -0.39 is 43.1 Å². The summed E-state index contributed by atoms with van der Waals surface area (Å²) in [6.45, 7) is 11.8. The Balaban J connectivity index is 0.822. The number of nitrogens with one attached hydrogen (secondary N) is 3. The van der Waals surface area contributed by atoms with E-state index in [1.54, 1.807) is 6.07 Å². The molecule has 6 heterocycles. The molecule has 0 unspecified atom stereocenters. The van der Waals surface area contributed by atoms with Crippen LogP contribution in [0.15, 0.2) is 83.9 Å². The molecule has 2 saturated carbocycles. The van der Waals surface area contributed by atoms with Crippen molar-refractivity contribution < 1.29 is 37.5 Å². The van der Waals surface area contributed by atoms with Crippen LogP contribution < -0.4 is 24.6 Å². The SMILES string of the molecule is CC1(C)C[C@]2(COCCN2C2CC3(CCN(c4ccc(C(=O)NS(=O)(=O)c5ccc(NC[C@H]6CC[C@](C)(O)CC6)c([N+](=O)[O-])c5)c(N5c6cc7cc[nH]c7nc6O[C@H]6COCC[C@@H]65)c4)CC3)C2)c2ccccc21. The zero-order valence-electron chi connectivity index (χ0n) is 41.9. The largest absolute Gasteiger partial charge is 0.468 e. The minimum absolute atomic E-state index is 0.0689. The first-order valence-electron chi connectivity index (χ1n) is 26.2. The molecule has 3 aliphatic carbocycles. The van der Waals surface area contributed by atoms with Crippen LogP contribution in [0.1, 0.15) is 106 Å². The molecule has 3 saturated heterocycles. The van der Waals surface area contributed by atoms with Gasteiger partial charge in [-0.15, -0.1) is 0 Å². The molecule has 12 rings (SSSR count). The molecule has 18 heteroatoms. The monoisotopic (exact) mass is 1010 g/mol. The number of ether oxygens (including phenoxy) is 3. The van der Waals surface area contributed by atoms with Crippen LogP contribution in [0.3, 0.4) is 0 Å². The lowest BCUT2D eigenvalue weighted by atomic mass is 9.59. The molecule has 0 radical (unpaired) electrons. The topological polar surface area (TPSA) is 205 Å². The minimum Gasteiger partial charge on any atom is -0.468 e. The number of anilines is 4. The van der Waals surface area contributed by atoms with Crippen LogP contribution in [0, 0.1) is 21.4 Å². The van der Waals surface area contributed by atoms with Gasteiger partial charge in [-0.25, -0.2) is 13.1 Å². The Labute approximate surface area is 426 Å². The number of nitro benzene ring substituents is 1. The maximum absolute atomic E-state index is 14.7. The third-order valence-electron chi connectivity index (χ3n) is 17.8. The van der Waals surface area contributed by atoms with Crippen molar-refractivity contribution in [2.45, 2.75) is 125 Å². The fourth-order valence-electron chi connectivity index (χ4n) is 13.9. The molecular formula is C55H66N8O9S. The fraction of sp³-hybridized carbons (Fsp3) is 0.527. The van der Waals surface area contributed by atoms with Crippen molar-refractivity contribution in [2.24, 2.45) is 11.3 Å². The van der Waals surface area contributed by atoms with Gasteiger partial charge in [0.25, 0.3) is 21.6 Å². The van der Waals surface area contributed by atoms with E-state index in [9.17, 15) is 28.4 Å². The van der Waals surface area contributed by atoms with Gasteiger partial charge in [-0.05, 0) is 141 Å². The predicted molar refractivity (Wildman–Crippen MR) is 277 cm³/mol. The first-order chi connectivity index (χ1) is 35.0. The minimum atomic E-state index is -4.62. The number of rotatable bonds is 10. The van der Waals surface area contributed by atoms with Crippen LogP contribution in [0.2, 0.25) is 0 Å². The molecule has 17 nitrogen and oxygen atoms in total. The van der Waals surface area contributed by atoms with E-state index in [0.29, 0.717) is 68.0 Å². The highest BCUT2D eigenvalue weighted by Crippen LogP contribution is 2.59. The van der Waals surface area contributed by atoms with Crippen LogP contribution in [-0.2, 0) is 30.5 Å². The van der Waals surface area contributed by atoms with Crippen molar-refractivity contribution >= 4 is 55.4 Å². The van der Waals surface area contributed by atoms with Gasteiger partial charge in [0, 0.05) is 62.2 Å². The standard InChI is InChI=1S/C55H66N8O9S/c1-52(2)33-55(42-7-5-4-6-41(42)52)34-71-25-23-61(55)38-29-54(30-38)18-21-60(22-19-54)37-8-10-40(45(27-37)62-44-15-24-70-32-48(44)72-51-47(62)26-36-14-20-56-49(36)58-51)50(64)59-73(68,69)39-9-11-43(46(28-39)63(66)67)57-31-35-12-16-53(3,65)17-13-35/h4-11,14,20,26-28,35,38,44,48,57,65H,12-13,15-19,21-25,29-34H2,1-3H3,(H,56,58)(H,59,64)/t35-,44-,48-,53-,55-/m0/s1. The van der Waals surface area contributed by atoms with Crippen molar-refractivity contribution in [1.82, 2.24) is 19.6 Å².